The van der Waals surface area contributed by atoms with E-state index in [0.29, 0.717) is 23.0 Å². The first-order valence-electron chi connectivity index (χ1n) is 9.38. The molecule has 1 saturated heterocycles. The molecule has 4 amide bonds. The first-order valence-corrected chi connectivity index (χ1v) is 9.38. The molecule has 1 aliphatic heterocycles. The van der Waals surface area contributed by atoms with Gasteiger partial charge in [-0.05, 0) is 44.5 Å². The van der Waals surface area contributed by atoms with Crippen LogP contribution in [0.5, 0.6) is 0 Å². The van der Waals surface area contributed by atoms with E-state index in [4.69, 9.17) is 0 Å². The molecule has 0 radical (unpaired) electrons. The third kappa shape index (κ3) is 3.53. The number of amides is 4. The second kappa shape index (κ2) is 7.90. The van der Waals surface area contributed by atoms with Crippen molar-refractivity contribution in [3.8, 4) is 0 Å². The van der Waals surface area contributed by atoms with E-state index in [-0.39, 0.29) is 6.03 Å². The zero-order valence-electron chi connectivity index (χ0n) is 16.4. The van der Waals surface area contributed by atoms with E-state index in [1.165, 1.54) is 4.90 Å². The van der Waals surface area contributed by atoms with Gasteiger partial charge in [0.1, 0.15) is 0 Å². The number of carbonyl (C=O) groups excluding carboxylic acids is 2. The number of anilines is 2. The molecular weight excluding hydrogens is 356 g/mol. The lowest BCUT2D eigenvalue weighted by Crippen LogP contribution is -2.58. The predicted octanol–water partition coefficient (Wildman–Crippen LogP) is 4.37. The van der Waals surface area contributed by atoms with Crippen LogP contribution in [0.2, 0.25) is 0 Å². The van der Waals surface area contributed by atoms with Gasteiger partial charge < -0.3 is 10.2 Å². The zero-order valence-corrected chi connectivity index (χ0v) is 16.4. The summed E-state index contributed by atoms with van der Waals surface area (Å²) in [6, 6.07) is 17.0. The number of hydrogen-bond donors (Lipinski definition) is 2. The van der Waals surface area contributed by atoms with E-state index >= 15 is 0 Å². The van der Waals surface area contributed by atoms with Crippen molar-refractivity contribution >= 4 is 23.4 Å². The minimum atomic E-state index is -0.891. The van der Waals surface area contributed by atoms with Crippen molar-refractivity contribution in [2.24, 2.45) is 0 Å². The standard InChI is InChI=1S/C21H26N4O3/c1-4-15-23-20(27)24(17-13-9-6-10-14-17)18(21(23,2)3)25(28)19(26)22-16-11-7-5-8-12-16/h5-14,18,28H,4,15H2,1-3H3,(H,22,26). The van der Waals surface area contributed by atoms with Crippen molar-refractivity contribution in [3.05, 3.63) is 60.7 Å². The third-order valence-electron chi connectivity index (χ3n) is 4.96. The van der Waals surface area contributed by atoms with Crippen molar-refractivity contribution < 1.29 is 14.8 Å². The van der Waals surface area contributed by atoms with Crippen LogP contribution in [0.3, 0.4) is 0 Å². The summed E-state index contributed by atoms with van der Waals surface area (Å²) < 4.78 is 0. The molecular formula is C21H26N4O3. The highest BCUT2D eigenvalue weighted by atomic mass is 16.5. The second-order valence-electron chi connectivity index (χ2n) is 7.31. The number of carbonyl (C=O) groups is 2. The summed E-state index contributed by atoms with van der Waals surface area (Å²) in [7, 11) is 0. The average molecular weight is 382 g/mol. The Labute approximate surface area is 165 Å². The number of nitrogens with one attached hydrogen (secondary N) is 1. The van der Waals surface area contributed by atoms with Crippen molar-refractivity contribution in [3.63, 3.8) is 0 Å². The van der Waals surface area contributed by atoms with E-state index < -0.39 is 17.7 Å². The molecule has 7 nitrogen and oxygen atoms in total. The number of para-hydroxylation sites is 2. The molecule has 2 N–H and O–H groups in total. The van der Waals surface area contributed by atoms with Crippen LogP contribution in [0.4, 0.5) is 21.0 Å². The number of hydrogen-bond acceptors (Lipinski definition) is 3. The van der Waals surface area contributed by atoms with Gasteiger partial charge in [-0.1, -0.05) is 43.3 Å². The Balaban J connectivity index is 1.96. The Bertz CT molecular complexity index is 826. The molecule has 1 atom stereocenters. The van der Waals surface area contributed by atoms with Gasteiger partial charge in [0.05, 0.1) is 5.54 Å². The number of benzene rings is 2. The largest absolute Gasteiger partial charge is 0.347 e. The molecule has 28 heavy (non-hydrogen) atoms. The number of hydroxylamine groups is 2. The summed E-state index contributed by atoms with van der Waals surface area (Å²) >= 11 is 0. The molecule has 0 spiro atoms. The van der Waals surface area contributed by atoms with E-state index in [1.807, 2.05) is 45.0 Å². The van der Waals surface area contributed by atoms with E-state index in [1.54, 1.807) is 41.3 Å². The van der Waals surface area contributed by atoms with Gasteiger partial charge in [-0.2, -0.15) is 5.06 Å². The topological polar surface area (TPSA) is 76.1 Å². The second-order valence-corrected chi connectivity index (χ2v) is 7.31. The van der Waals surface area contributed by atoms with Crippen molar-refractivity contribution in [1.82, 2.24) is 9.96 Å². The molecule has 2 aromatic carbocycles. The summed E-state index contributed by atoms with van der Waals surface area (Å²) in [6.07, 6.45) is -0.121. The quantitative estimate of drug-likeness (QED) is 0.596. The molecule has 1 fully saturated rings. The van der Waals surface area contributed by atoms with Crippen LogP contribution in [-0.4, -0.2) is 45.5 Å². The highest BCUT2D eigenvalue weighted by Gasteiger charge is 2.55. The van der Waals surface area contributed by atoms with Crippen LogP contribution in [0, 0.1) is 0 Å². The summed E-state index contributed by atoms with van der Waals surface area (Å²) in [4.78, 5) is 29.1. The molecule has 1 heterocycles. The van der Waals surface area contributed by atoms with Crippen LogP contribution in [-0.2, 0) is 0 Å². The normalized spacial score (nSPS) is 18.3. The SMILES string of the molecule is CCCN1C(=O)N(c2ccccc2)C(N(O)C(=O)Nc2ccccc2)C1(C)C. The van der Waals surface area contributed by atoms with Gasteiger partial charge in [0, 0.05) is 17.9 Å². The summed E-state index contributed by atoms with van der Waals surface area (Å²) in [5.74, 6) is 0. The minimum Gasteiger partial charge on any atom is -0.315 e. The monoisotopic (exact) mass is 382 g/mol. The van der Waals surface area contributed by atoms with E-state index in [0.717, 1.165) is 6.42 Å². The van der Waals surface area contributed by atoms with E-state index in [2.05, 4.69) is 5.32 Å². The van der Waals surface area contributed by atoms with Gasteiger partial charge in [-0.3, -0.25) is 10.1 Å². The van der Waals surface area contributed by atoms with Crippen molar-refractivity contribution in [1.29, 1.82) is 0 Å². The average Bonchev–Trinajstić information content (AvgIpc) is 2.89. The molecule has 148 valence electrons. The fraction of sp³-hybridized carbons (Fsp3) is 0.333. The van der Waals surface area contributed by atoms with Crippen LogP contribution in [0.15, 0.2) is 60.7 Å². The van der Waals surface area contributed by atoms with Crippen LogP contribution in [0.25, 0.3) is 0 Å². The smallest absolute Gasteiger partial charge is 0.315 e. The lowest BCUT2D eigenvalue weighted by Gasteiger charge is -2.38. The Morgan fingerprint density at radius 1 is 1.11 bits per heavy atom. The maximum Gasteiger partial charge on any atom is 0.347 e. The third-order valence-corrected chi connectivity index (χ3v) is 4.96. The molecule has 0 aromatic heterocycles. The molecule has 0 bridgehead atoms. The molecule has 0 saturated carbocycles. The molecule has 7 heteroatoms. The van der Waals surface area contributed by atoms with Gasteiger partial charge in [-0.15, -0.1) is 0 Å². The lowest BCUT2D eigenvalue weighted by molar-refractivity contribution is -0.0948. The maximum atomic E-state index is 13.2. The van der Waals surface area contributed by atoms with Crippen molar-refractivity contribution in [2.75, 3.05) is 16.8 Å². The summed E-state index contributed by atoms with van der Waals surface area (Å²) in [5.41, 5.74) is 0.382. The van der Waals surface area contributed by atoms with Crippen LogP contribution in [0.1, 0.15) is 27.2 Å². The van der Waals surface area contributed by atoms with Crippen LogP contribution >= 0.6 is 0 Å². The molecule has 0 aliphatic carbocycles. The number of rotatable bonds is 5. The van der Waals surface area contributed by atoms with E-state index in [9.17, 15) is 14.8 Å². The van der Waals surface area contributed by atoms with Crippen LogP contribution < -0.4 is 10.2 Å². The Hall–Kier alpha value is -3.06. The Kier molecular flexibility index (Phi) is 5.56. The first kappa shape index (κ1) is 19.7. The fourth-order valence-electron chi connectivity index (χ4n) is 3.61. The number of urea groups is 2. The molecule has 3 rings (SSSR count). The van der Waals surface area contributed by atoms with Crippen molar-refractivity contribution in [2.45, 2.75) is 38.9 Å². The zero-order chi connectivity index (χ0) is 20.3. The molecule has 2 aromatic rings. The van der Waals surface area contributed by atoms with Gasteiger partial charge >= 0.3 is 12.1 Å². The molecule has 1 aliphatic rings. The van der Waals surface area contributed by atoms with Gasteiger partial charge in [0.2, 0.25) is 0 Å². The maximum absolute atomic E-state index is 13.2. The van der Waals surface area contributed by atoms with Gasteiger partial charge in [0.15, 0.2) is 6.17 Å². The summed E-state index contributed by atoms with van der Waals surface area (Å²) in [6.45, 7) is 6.22. The Morgan fingerprint density at radius 3 is 2.25 bits per heavy atom. The lowest BCUT2D eigenvalue weighted by atomic mass is 9.99. The highest BCUT2D eigenvalue weighted by Crippen LogP contribution is 2.37. The van der Waals surface area contributed by atoms with Gasteiger partial charge in [-0.25, -0.2) is 9.59 Å². The highest BCUT2D eigenvalue weighted by molar-refractivity contribution is 5.98. The Morgan fingerprint density at radius 2 is 1.68 bits per heavy atom. The van der Waals surface area contributed by atoms with Gasteiger partial charge in [0.25, 0.3) is 0 Å². The predicted molar refractivity (Wildman–Crippen MR) is 108 cm³/mol. The number of nitrogens with zero attached hydrogens (tertiary/aromatic N) is 3. The molecule has 1 unspecified atom stereocenters. The minimum absolute atomic E-state index is 0.241. The fourth-order valence-corrected chi connectivity index (χ4v) is 3.61. The summed E-state index contributed by atoms with van der Waals surface area (Å²) in [5, 5.41) is 14.1. The first-order chi connectivity index (χ1) is 13.4.